The predicted molar refractivity (Wildman–Crippen MR) is 82.2 cm³/mol. The average Bonchev–Trinajstić information content (AvgIpc) is 2.40. The topological polar surface area (TPSA) is 9.23 Å². The lowest BCUT2D eigenvalue weighted by atomic mass is 10.1. The van der Waals surface area contributed by atoms with Crippen LogP contribution in [0.15, 0.2) is 0 Å². The minimum Gasteiger partial charge on any atom is -0.378 e. The van der Waals surface area contributed by atoms with E-state index < -0.39 is 0 Å². The van der Waals surface area contributed by atoms with Crippen molar-refractivity contribution in [1.82, 2.24) is 0 Å². The molecule has 0 heterocycles. The third-order valence-electron chi connectivity index (χ3n) is 3.76. The molecule has 1 heteroatoms. The Kier molecular flexibility index (Phi) is 15.0. The van der Waals surface area contributed by atoms with Crippen LogP contribution in [-0.2, 0) is 4.74 Å². The highest BCUT2D eigenvalue weighted by atomic mass is 16.5. The Morgan fingerprint density at radius 3 is 1.50 bits per heavy atom. The lowest BCUT2D eigenvalue weighted by Gasteiger charge is -2.13. The van der Waals surface area contributed by atoms with Crippen molar-refractivity contribution in [2.24, 2.45) is 0 Å². The maximum atomic E-state index is 5.81. The van der Waals surface area contributed by atoms with Crippen LogP contribution < -0.4 is 0 Å². The lowest BCUT2D eigenvalue weighted by molar-refractivity contribution is 0.0457. The summed E-state index contributed by atoms with van der Waals surface area (Å²) >= 11 is 0. The van der Waals surface area contributed by atoms with Gasteiger partial charge in [-0.05, 0) is 19.3 Å². The van der Waals surface area contributed by atoms with Gasteiger partial charge in [0.2, 0.25) is 0 Å². The molecule has 0 aromatic heterocycles. The molecule has 0 aromatic carbocycles. The van der Waals surface area contributed by atoms with Crippen molar-refractivity contribution >= 4 is 0 Å². The van der Waals surface area contributed by atoms with Crippen molar-refractivity contribution in [3.8, 4) is 0 Å². The molecular formula is C17H36O. The van der Waals surface area contributed by atoms with Crippen LogP contribution in [0.25, 0.3) is 0 Å². The highest BCUT2D eigenvalue weighted by molar-refractivity contribution is 4.52. The smallest absolute Gasteiger partial charge is 0.0569 e. The zero-order chi connectivity index (χ0) is 13.5. The summed E-state index contributed by atoms with van der Waals surface area (Å²) in [5, 5.41) is 0. The van der Waals surface area contributed by atoms with Gasteiger partial charge in [-0.15, -0.1) is 0 Å². The summed E-state index contributed by atoms with van der Waals surface area (Å²) in [5.41, 5.74) is 0. The molecule has 0 aliphatic carbocycles. The Morgan fingerprint density at radius 1 is 0.611 bits per heavy atom. The van der Waals surface area contributed by atoms with Crippen LogP contribution in [-0.4, -0.2) is 12.7 Å². The van der Waals surface area contributed by atoms with E-state index in [-0.39, 0.29) is 0 Å². The Bertz CT molecular complexity index is 141. The van der Waals surface area contributed by atoms with Gasteiger partial charge in [0.25, 0.3) is 0 Å². The molecule has 0 aliphatic rings. The van der Waals surface area contributed by atoms with E-state index >= 15 is 0 Å². The van der Waals surface area contributed by atoms with Gasteiger partial charge in [-0.2, -0.15) is 0 Å². The zero-order valence-electron chi connectivity index (χ0n) is 13.2. The van der Waals surface area contributed by atoms with Crippen LogP contribution in [0.4, 0.5) is 0 Å². The zero-order valence-corrected chi connectivity index (χ0v) is 13.2. The quantitative estimate of drug-likeness (QED) is 0.341. The van der Waals surface area contributed by atoms with Crippen molar-refractivity contribution in [3.05, 3.63) is 0 Å². The fraction of sp³-hybridized carbons (Fsp3) is 1.00. The molecule has 0 unspecified atom stereocenters. The number of unbranched alkanes of at least 4 members (excludes halogenated alkanes) is 9. The molecule has 110 valence electrons. The second-order valence-electron chi connectivity index (χ2n) is 5.49. The maximum Gasteiger partial charge on any atom is 0.0569 e. The molecule has 0 rings (SSSR count). The molecule has 0 bridgehead atoms. The summed E-state index contributed by atoms with van der Waals surface area (Å²) in [6, 6.07) is 0. The molecule has 0 aromatic rings. The van der Waals surface area contributed by atoms with Crippen molar-refractivity contribution < 1.29 is 4.74 Å². The normalized spacial score (nSPS) is 11.3. The molecule has 0 saturated heterocycles. The summed E-state index contributed by atoms with van der Waals surface area (Å²) < 4.78 is 5.81. The van der Waals surface area contributed by atoms with Gasteiger partial charge in [-0.3, -0.25) is 0 Å². The van der Waals surface area contributed by atoms with Crippen molar-refractivity contribution in [1.29, 1.82) is 0 Å². The highest BCUT2D eigenvalue weighted by Crippen LogP contribution is 2.11. The predicted octanol–water partition coefficient (Wildman–Crippen LogP) is 6.11. The molecule has 0 aliphatic heterocycles. The fourth-order valence-corrected chi connectivity index (χ4v) is 2.36. The lowest BCUT2D eigenvalue weighted by Crippen LogP contribution is -2.10. The molecule has 0 amide bonds. The highest BCUT2D eigenvalue weighted by Gasteiger charge is 2.01. The first-order chi connectivity index (χ1) is 8.85. The molecule has 18 heavy (non-hydrogen) atoms. The van der Waals surface area contributed by atoms with Gasteiger partial charge in [0.1, 0.15) is 0 Å². The van der Waals surface area contributed by atoms with Gasteiger partial charge in [-0.25, -0.2) is 0 Å². The minimum atomic E-state index is 0.503. The van der Waals surface area contributed by atoms with Crippen LogP contribution in [0.5, 0.6) is 0 Å². The van der Waals surface area contributed by atoms with Gasteiger partial charge < -0.3 is 4.74 Å². The van der Waals surface area contributed by atoms with E-state index in [0.717, 1.165) is 19.4 Å². The SMILES string of the molecule is CCCCCCCCCCCCOC(CC)CC. The van der Waals surface area contributed by atoms with E-state index in [1.54, 1.807) is 0 Å². The molecule has 1 nitrogen and oxygen atoms in total. The number of ether oxygens (including phenoxy) is 1. The van der Waals surface area contributed by atoms with Crippen molar-refractivity contribution in [2.45, 2.75) is 104 Å². The largest absolute Gasteiger partial charge is 0.378 e. The molecule has 0 N–H and O–H groups in total. The van der Waals surface area contributed by atoms with E-state index in [4.69, 9.17) is 4.74 Å². The first-order valence-electron chi connectivity index (χ1n) is 8.46. The summed E-state index contributed by atoms with van der Waals surface area (Å²) in [5.74, 6) is 0. The first-order valence-corrected chi connectivity index (χ1v) is 8.46. The van der Waals surface area contributed by atoms with Crippen LogP contribution in [0.2, 0.25) is 0 Å². The third-order valence-corrected chi connectivity index (χ3v) is 3.76. The van der Waals surface area contributed by atoms with Gasteiger partial charge in [0.15, 0.2) is 0 Å². The fourth-order valence-electron chi connectivity index (χ4n) is 2.36. The minimum absolute atomic E-state index is 0.503. The van der Waals surface area contributed by atoms with E-state index in [1.165, 1.54) is 64.2 Å². The van der Waals surface area contributed by atoms with Crippen LogP contribution in [0.1, 0.15) is 97.8 Å². The number of hydrogen-bond donors (Lipinski definition) is 0. The first kappa shape index (κ1) is 18.0. The monoisotopic (exact) mass is 256 g/mol. The molecule has 0 fully saturated rings. The molecule has 0 spiro atoms. The van der Waals surface area contributed by atoms with E-state index in [0.29, 0.717) is 6.10 Å². The Morgan fingerprint density at radius 2 is 1.06 bits per heavy atom. The average molecular weight is 256 g/mol. The standard InChI is InChI=1S/C17H36O/c1-4-7-8-9-10-11-12-13-14-15-16-18-17(5-2)6-3/h17H,4-16H2,1-3H3. The van der Waals surface area contributed by atoms with E-state index in [1.807, 2.05) is 0 Å². The van der Waals surface area contributed by atoms with Gasteiger partial charge in [0.05, 0.1) is 6.10 Å². The Balaban J connectivity index is 3.03. The summed E-state index contributed by atoms with van der Waals surface area (Å²) in [7, 11) is 0. The maximum absolute atomic E-state index is 5.81. The number of rotatable bonds is 14. The second-order valence-corrected chi connectivity index (χ2v) is 5.49. The second kappa shape index (κ2) is 15.0. The number of hydrogen-bond acceptors (Lipinski definition) is 1. The molecule has 0 atom stereocenters. The van der Waals surface area contributed by atoms with Gasteiger partial charge >= 0.3 is 0 Å². The van der Waals surface area contributed by atoms with Crippen molar-refractivity contribution in [3.63, 3.8) is 0 Å². The van der Waals surface area contributed by atoms with Crippen LogP contribution in [0, 0.1) is 0 Å². The van der Waals surface area contributed by atoms with Crippen molar-refractivity contribution in [2.75, 3.05) is 6.61 Å². The van der Waals surface area contributed by atoms with Crippen LogP contribution in [0.3, 0.4) is 0 Å². The summed E-state index contributed by atoms with van der Waals surface area (Å²) in [6.45, 7) is 7.69. The Labute approximate surface area is 116 Å². The Hall–Kier alpha value is -0.0400. The summed E-state index contributed by atoms with van der Waals surface area (Å²) in [6.07, 6.45) is 16.8. The molecular weight excluding hydrogens is 220 g/mol. The van der Waals surface area contributed by atoms with Gasteiger partial charge in [0, 0.05) is 6.61 Å². The van der Waals surface area contributed by atoms with Gasteiger partial charge in [-0.1, -0.05) is 78.6 Å². The summed E-state index contributed by atoms with van der Waals surface area (Å²) in [4.78, 5) is 0. The molecule has 0 radical (unpaired) electrons. The third kappa shape index (κ3) is 12.4. The van der Waals surface area contributed by atoms with E-state index in [9.17, 15) is 0 Å². The molecule has 0 saturated carbocycles. The van der Waals surface area contributed by atoms with Crippen LogP contribution >= 0.6 is 0 Å². The van der Waals surface area contributed by atoms with E-state index in [2.05, 4.69) is 20.8 Å².